The Balaban J connectivity index is 1.79. The van der Waals surface area contributed by atoms with Crippen LogP contribution in [0.3, 0.4) is 0 Å². The van der Waals surface area contributed by atoms with Gasteiger partial charge in [-0.25, -0.2) is 4.79 Å². The molecule has 0 radical (unpaired) electrons. The van der Waals surface area contributed by atoms with Gasteiger partial charge in [0, 0.05) is 5.54 Å². The van der Waals surface area contributed by atoms with Crippen molar-refractivity contribution < 1.29 is 17.7 Å². The van der Waals surface area contributed by atoms with E-state index in [0.29, 0.717) is 11.1 Å². The lowest BCUT2D eigenvalue weighted by Crippen LogP contribution is -2.40. The molecular formula is C27H30N2O5S. The molecule has 1 aromatic heterocycles. The average molecular weight is 495 g/mol. The van der Waals surface area contributed by atoms with E-state index in [4.69, 9.17) is 4.18 Å². The second-order valence-corrected chi connectivity index (χ2v) is 11.2. The molecule has 0 aliphatic carbocycles. The molecule has 0 saturated heterocycles. The second kappa shape index (κ2) is 9.45. The number of aryl methyl sites for hydroxylation is 1. The molecule has 0 aliphatic heterocycles. The van der Waals surface area contributed by atoms with Gasteiger partial charge in [0.2, 0.25) is 0 Å². The van der Waals surface area contributed by atoms with Crippen LogP contribution in [-0.4, -0.2) is 35.4 Å². The van der Waals surface area contributed by atoms with Gasteiger partial charge in [-0.1, -0.05) is 60.2 Å². The smallest absolute Gasteiger partial charge is 0.330 e. The van der Waals surface area contributed by atoms with Crippen molar-refractivity contribution in [3.05, 3.63) is 100 Å². The normalized spacial score (nSPS) is 14.2. The first-order valence-electron chi connectivity index (χ1n) is 11.4. The van der Waals surface area contributed by atoms with Crippen LogP contribution >= 0.6 is 0 Å². The van der Waals surface area contributed by atoms with E-state index in [0.717, 1.165) is 11.1 Å². The highest BCUT2D eigenvalue weighted by molar-refractivity contribution is 7.86. The van der Waals surface area contributed by atoms with Gasteiger partial charge in [0.15, 0.2) is 0 Å². The standard InChI is InChI=1S/C27H30N2O5S/c1-19-14-16-21(17-15-19)35(32,33)34-18-24(30)25(20-10-6-5-7-11-20)28-22-12-8-9-13-23(22)29(26(28)31)27(2,3)4/h5-17,24-25,30H,18H2,1-4H3. The molecule has 2 atom stereocenters. The minimum Gasteiger partial charge on any atom is -0.388 e. The van der Waals surface area contributed by atoms with Crippen LogP contribution in [0.25, 0.3) is 11.0 Å². The first-order chi connectivity index (χ1) is 16.5. The predicted octanol–water partition coefficient (Wildman–Crippen LogP) is 4.22. The third-order valence-electron chi connectivity index (χ3n) is 5.94. The number of aliphatic hydroxyl groups is 1. The number of benzene rings is 3. The van der Waals surface area contributed by atoms with Gasteiger partial charge in [0.25, 0.3) is 10.1 Å². The molecule has 0 amide bonds. The van der Waals surface area contributed by atoms with Crippen LogP contribution < -0.4 is 5.69 Å². The number of aromatic nitrogens is 2. The highest BCUT2D eigenvalue weighted by Crippen LogP contribution is 2.29. The number of nitrogens with zero attached hydrogens (tertiary/aromatic N) is 2. The lowest BCUT2D eigenvalue weighted by Gasteiger charge is -2.25. The van der Waals surface area contributed by atoms with Gasteiger partial charge in [-0.3, -0.25) is 13.3 Å². The van der Waals surface area contributed by atoms with Gasteiger partial charge >= 0.3 is 5.69 Å². The SMILES string of the molecule is Cc1ccc(S(=O)(=O)OCC(O)C(c2ccccc2)n2c(=O)n(C(C)(C)C)c3ccccc32)cc1. The highest BCUT2D eigenvalue weighted by atomic mass is 32.2. The summed E-state index contributed by atoms with van der Waals surface area (Å²) in [5, 5.41) is 11.3. The van der Waals surface area contributed by atoms with E-state index in [2.05, 4.69) is 0 Å². The molecule has 1 heterocycles. The Labute approximate surface area is 205 Å². The molecule has 4 rings (SSSR count). The van der Waals surface area contributed by atoms with Crippen LogP contribution in [0.1, 0.15) is 37.9 Å². The molecule has 184 valence electrons. The summed E-state index contributed by atoms with van der Waals surface area (Å²) in [6.07, 6.45) is -1.32. The molecule has 8 heteroatoms. The molecule has 4 aromatic rings. The van der Waals surface area contributed by atoms with Gasteiger partial charge in [0.1, 0.15) is 6.10 Å². The van der Waals surface area contributed by atoms with Gasteiger partial charge in [-0.2, -0.15) is 8.42 Å². The van der Waals surface area contributed by atoms with Gasteiger partial charge < -0.3 is 5.11 Å². The maximum atomic E-state index is 13.8. The fourth-order valence-corrected chi connectivity index (χ4v) is 5.23. The number of hydrogen-bond acceptors (Lipinski definition) is 5. The molecule has 1 N–H and O–H groups in total. The van der Waals surface area contributed by atoms with E-state index in [1.807, 2.05) is 70.2 Å². The summed E-state index contributed by atoms with van der Waals surface area (Å²) in [5.41, 5.74) is 2.14. The second-order valence-electron chi connectivity index (χ2n) is 9.62. The first-order valence-corrected chi connectivity index (χ1v) is 12.8. The largest absolute Gasteiger partial charge is 0.388 e. The van der Waals surface area contributed by atoms with Crippen molar-refractivity contribution in [3.8, 4) is 0 Å². The minimum absolute atomic E-state index is 0.00747. The van der Waals surface area contributed by atoms with Crippen molar-refractivity contribution in [2.75, 3.05) is 6.61 Å². The lowest BCUT2D eigenvalue weighted by atomic mass is 10.0. The average Bonchev–Trinajstić information content (AvgIpc) is 3.11. The highest BCUT2D eigenvalue weighted by Gasteiger charge is 2.32. The van der Waals surface area contributed by atoms with Crippen LogP contribution in [0.15, 0.2) is 88.6 Å². The summed E-state index contributed by atoms with van der Waals surface area (Å²) in [6, 6.07) is 21.9. The maximum absolute atomic E-state index is 13.8. The number of hydrogen-bond donors (Lipinski definition) is 1. The molecule has 0 fully saturated rings. The molecule has 0 aliphatic rings. The predicted molar refractivity (Wildman–Crippen MR) is 136 cm³/mol. The zero-order valence-electron chi connectivity index (χ0n) is 20.3. The monoisotopic (exact) mass is 494 g/mol. The Morgan fingerprint density at radius 2 is 1.46 bits per heavy atom. The van der Waals surface area contributed by atoms with E-state index < -0.39 is 34.4 Å². The summed E-state index contributed by atoms with van der Waals surface area (Å²) < 4.78 is 34.0. The van der Waals surface area contributed by atoms with Gasteiger partial charge in [0.05, 0.1) is 28.6 Å². The van der Waals surface area contributed by atoms with E-state index in [-0.39, 0.29) is 10.6 Å². The van der Waals surface area contributed by atoms with Crippen molar-refractivity contribution in [3.63, 3.8) is 0 Å². The Morgan fingerprint density at radius 1 is 0.886 bits per heavy atom. The number of imidazole rings is 1. The van der Waals surface area contributed by atoms with E-state index in [1.54, 1.807) is 28.8 Å². The quantitative estimate of drug-likeness (QED) is 0.389. The summed E-state index contributed by atoms with van der Waals surface area (Å²) in [4.78, 5) is 13.8. The maximum Gasteiger partial charge on any atom is 0.330 e. The molecule has 2 unspecified atom stereocenters. The van der Waals surface area contributed by atoms with Crippen LogP contribution in [-0.2, 0) is 19.8 Å². The van der Waals surface area contributed by atoms with E-state index in [9.17, 15) is 18.3 Å². The molecule has 0 bridgehead atoms. The Morgan fingerprint density at radius 3 is 2.06 bits per heavy atom. The topological polar surface area (TPSA) is 90.5 Å². The van der Waals surface area contributed by atoms with Crippen LogP contribution in [0, 0.1) is 6.92 Å². The first kappa shape index (κ1) is 24.9. The molecule has 3 aromatic carbocycles. The van der Waals surface area contributed by atoms with Crippen molar-refractivity contribution in [2.24, 2.45) is 0 Å². The Kier molecular flexibility index (Phi) is 6.73. The number of rotatable bonds is 7. The third-order valence-corrected chi connectivity index (χ3v) is 7.23. The van der Waals surface area contributed by atoms with Gasteiger partial charge in [-0.15, -0.1) is 0 Å². The number of para-hydroxylation sites is 2. The Hall–Kier alpha value is -3.20. The summed E-state index contributed by atoms with van der Waals surface area (Å²) in [7, 11) is -4.09. The number of fused-ring (bicyclic) bond motifs is 1. The summed E-state index contributed by atoms with van der Waals surface area (Å²) in [5.74, 6) is 0. The van der Waals surface area contributed by atoms with Crippen molar-refractivity contribution >= 4 is 21.2 Å². The van der Waals surface area contributed by atoms with E-state index in [1.165, 1.54) is 16.7 Å². The number of aliphatic hydroxyl groups excluding tert-OH is 1. The Bertz CT molecular complexity index is 1480. The molecule has 0 spiro atoms. The zero-order valence-corrected chi connectivity index (χ0v) is 21.1. The van der Waals surface area contributed by atoms with Gasteiger partial charge in [-0.05, 0) is 57.5 Å². The fourth-order valence-electron chi connectivity index (χ4n) is 4.30. The molecule has 7 nitrogen and oxygen atoms in total. The molecule has 35 heavy (non-hydrogen) atoms. The van der Waals surface area contributed by atoms with Crippen molar-refractivity contribution in [1.82, 2.24) is 9.13 Å². The summed E-state index contributed by atoms with van der Waals surface area (Å²) >= 11 is 0. The molecule has 0 saturated carbocycles. The third kappa shape index (κ3) is 4.96. The lowest BCUT2D eigenvalue weighted by molar-refractivity contribution is 0.0768. The minimum atomic E-state index is -4.09. The van der Waals surface area contributed by atoms with Crippen molar-refractivity contribution in [2.45, 2.75) is 50.3 Å². The zero-order chi connectivity index (χ0) is 25.4. The van der Waals surface area contributed by atoms with Crippen molar-refractivity contribution in [1.29, 1.82) is 0 Å². The van der Waals surface area contributed by atoms with Crippen LogP contribution in [0.2, 0.25) is 0 Å². The van der Waals surface area contributed by atoms with Crippen LogP contribution in [0.5, 0.6) is 0 Å². The van der Waals surface area contributed by atoms with Crippen LogP contribution in [0.4, 0.5) is 0 Å². The fraction of sp³-hybridized carbons (Fsp3) is 0.296. The molecular weight excluding hydrogens is 464 g/mol. The van der Waals surface area contributed by atoms with E-state index >= 15 is 0 Å². The summed E-state index contributed by atoms with van der Waals surface area (Å²) in [6.45, 7) is 7.16.